The average molecular weight is 1010 g/mol. The fourth-order valence-corrected chi connectivity index (χ4v) is 8.23. The standard InChI is InChI=1S/C50H70N14O9/c1-10-64-38(25-32(4)58-64)47(70)57-50-56-36-26-33(45(51)68)28-39(72-9)43(36)63(50)21-14-13-20-62-44-37(55-49(62)53-5)27-34(46(52)69)29-40(44)73-23-15-19-60(8)48(71)35(16-11-12-18-59(6)7)54-41(66)17-22-61(30-65)42(67)24-31(2)3/h13-14,25-31,35H,10-12,15-24H2,1-9H3,(H2,51,68)(H2,52,69)(H,53,55)(H,54,66)(H,56,57,70)/b14-13+. The number of benzene rings is 2. The number of rotatable bonds is 29. The molecule has 3 aromatic heterocycles. The van der Waals surface area contributed by atoms with Gasteiger partial charge < -0.3 is 50.5 Å². The number of primary amides is 2. The summed E-state index contributed by atoms with van der Waals surface area (Å²) in [6.07, 6.45) is 6.43. The van der Waals surface area contributed by atoms with E-state index in [9.17, 15) is 33.6 Å². The Hall–Kier alpha value is -7.82. The fraction of sp³-hybridized carbons (Fsp3) is 0.480. The molecule has 0 aliphatic carbocycles. The predicted molar refractivity (Wildman–Crippen MR) is 276 cm³/mol. The van der Waals surface area contributed by atoms with Gasteiger partial charge in [0.25, 0.3) is 5.91 Å². The number of nitrogens with zero attached hydrogens (tertiary/aromatic N) is 9. The van der Waals surface area contributed by atoms with Crippen LogP contribution in [0.3, 0.4) is 0 Å². The molecule has 1 atom stereocenters. The van der Waals surface area contributed by atoms with Crippen LogP contribution < -0.4 is 36.9 Å². The second kappa shape index (κ2) is 26.0. The number of imide groups is 1. The van der Waals surface area contributed by atoms with Gasteiger partial charge in [-0.05, 0) is 96.4 Å². The van der Waals surface area contributed by atoms with Crippen molar-refractivity contribution in [2.45, 2.75) is 91.9 Å². The van der Waals surface area contributed by atoms with Gasteiger partial charge in [0, 0.05) is 70.8 Å². The number of nitrogens with one attached hydrogen (secondary N) is 3. The van der Waals surface area contributed by atoms with Gasteiger partial charge in [-0.2, -0.15) is 5.10 Å². The van der Waals surface area contributed by atoms with E-state index in [2.05, 4.69) is 26.0 Å². The Kier molecular flexibility index (Phi) is 20.0. The van der Waals surface area contributed by atoms with E-state index >= 15 is 0 Å². The number of carbonyl (C=O) groups excluding carboxylic acids is 7. The lowest BCUT2D eigenvalue weighted by Crippen LogP contribution is -2.48. The third-order valence-electron chi connectivity index (χ3n) is 11.9. The Morgan fingerprint density at radius 2 is 1.44 bits per heavy atom. The molecule has 0 spiro atoms. The summed E-state index contributed by atoms with van der Waals surface area (Å²) in [7, 11) is 8.73. The highest BCUT2D eigenvalue weighted by molar-refractivity contribution is 6.04. The number of ether oxygens (including phenoxy) is 2. The van der Waals surface area contributed by atoms with Gasteiger partial charge in [-0.25, -0.2) is 9.97 Å². The number of amides is 7. The molecule has 5 rings (SSSR count). The quantitative estimate of drug-likeness (QED) is 0.0260. The number of aromatic nitrogens is 6. The molecule has 23 nitrogen and oxygen atoms in total. The summed E-state index contributed by atoms with van der Waals surface area (Å²) < 4.78 is 17.2. The first-order chi connectivity index (χ1) is 34.8. The minimum absolute atomic E-state index is 0.0433. The van der Waals surface area contributed by atoms with Crippen molar-refractivity contribution in [1.29, 1.82) is 0 Å². The first-order valence-electron chi connectivity index (χ1n) is 24.3. The summed E-state index contributed by atoms with van der Waals surface area (Å²) in [6, 6.07) is 7.03. The van der Waals surface area contributed by atoms with Crippen molar-refractivity contribution in [2.24, 2.45) is 17.4 Å². The third kappa shape index (κ3) is 14.6. The fourth-order valence-electron chi connectivity index (χ4n) is 8.23. The van der Waals surface area contributed by atoms with E-state index in [1.54, 1.807) is 48.5 Å². The topological polar surface area (TPSA) is 289 Å². The lowest BCUT2D eigenvalue weighted by Gasteiger charge is -2.25. The highest BCUT2D eigenvalue weighted by atomic mass is 16.5. The molecular formula is C50H70N14O9. The number of hydrogen-bond donors (Lipinski definition) is 5. The number of methoxy groups -OCH3 is 1. The van der Waals surface area contributed by atoms with Crippen molar-refractivity contribution >= 4 is 75.8 Å². The first kappa shape index (κ1) is 56.1. The Morgan fingerprint density at radius 1 is 0.822 bits per heavy atom. The molecule has 0 aliphatic rings. The van der Waals surface area contributed by atoms with Gasteiger partial charge in [0.2, 0.25) is 47.8 Å². The van der Waals surface area contributed by atoms with Crippen LogP contribution in [-0.2, 0) is 38.8 Å². The van der Waals surface area contributed by atoms with Gasteiger partial charge in [0.05, 0.1) is 30.4 Å². The highest BCUT2D eigenvalue weighted by Gasteiger charge is 2.26. The number of nitrogens with two attached hydrogens (primary N) is 2. The summed E-state index contributed by atoms with van der Waals surface area (Å²) in [5, 5.41) is 13.3. The minimum Gasteiger partial charge on any atom is -0.494 e. The molecular weight excluding hydrogens is 941 g/mol. The SMILES string of the molecule is CCn1nc(C)cc1C(=O)Nc1nc2cc(C(N)=O)cc(OC)c2n1C/C=C/Cn1c(NC)nc2cc(C(N)=O)cc(OCCCN(C)C(=O)C(CCCCN(C)C)NC(=O)CCN(C=O)C(=O)CC(C)C)c21. The summed E-state index contributed by atoms with van der Waals surface area (Å²) >= 11 is 0. The number of hydrogen-bond acceptors (Lipinski definition) is 14. The third-order valence-corrected chi connectivity index (χ3v) is 11.9. The van der Waals surface area contributed by atoms with Crippen LogP contribution >= 0.6 is 0 Å². The van der Waals surface area contributed by atoms with Crippen LogP contribution in [0, 0.1) is 12.8 Å². The number of anilines is 2. The molecule has 0 fully saturated rings. The molecule has 394 valence electrons. The van der Waals surface area contributed by atoms with E-state index in [0.29, 0.717) is 83.1 Å². The van der Waals surface area contributed by atoms with E-state index in [1.807, 2.05) is 56.5 Å². The largest absolute Gasteiger partial charge is 0.494 e. The monoisotopic (exact) mass is 1010 g/mol. The number of imidazole rings is 2. The van der Waals surface area contributed by atoms with Crippen LogP contribution in [0.15, 0.2) is 42.5 Å². The second-order valence-corrected chi connectivity index (χ2v) is 18.3. The molecule has 2 aromatic carbocycles. The smallest absolute Gasteiger partial charge is 0.276 e. The molecule has 0 bridgehead atoms. The number of aryl methyl sites for hydroxylation is 2. The van der Waals surface area contributed by atoms with Gasteiger partial charge >= 0.3 is 0 Å². The van der Waals surface area contributed by atoms with Crippen molar-refractivity contribution in [3.8, 4) is 11.5 Å². The van der Waals surface area contributed by atoms with E-state index in [1.165, 1.54) is 24.1 Å². The molecule has 1 unspecified atom stereocenters. The zero-order valence-electron chi connectivity index (χ0n) is 43.3. The molecule has 0 aliphatic heterocycles. The predicted octanol–water partition coefficient (Wildman–Crippen LogP) is 3.53. The van der Waals surface area contributed by atoms with Crippen molar-refractivity contribution in [2.75, 3.05) is 72.2 Å². The van der Waals surface area contributed by atoms with E-state index in [0.717, 1.165) is 17.9 Å². The van der Waals surface area contributed by atoms with Crippen LogP contribution in [0.25, 0.3) is 22.1 Å². The molecule has 3 heterocycles. The Balaban J connectivity index is 1.34. The number of likely N-dealkylation sites (N-methyl/N-ethyl adjacent to an activating group) is 1. The van der Waals surface area contributed by atoms with Gasteiger partial charge in [-0.15, -0.1) is 0 Å². The number of unbranched alkanes of at least 4 members (excludes halogenated alkanes) is 1. The lowest BCUT2D eigenvalue weighted by molar-refractivity contribution is -0.140. The summed E-state index contributed by atoms with van der Waals surface area (Å²) in [4.78, 5) is 104. The molecule has 0 radical (unpaired) electrons. The van der Waals surface area contributed by atoms with Crippen LogP contribution in [-0.4, -0.2) is 153 Å². The summed E-state index contributed by atoms with van der Waals surface area (Å²) in [5.74, 6) is -1.57. The van der Waals surface area contributed by atoms with Gasteiger partial charge in [0.15, 0.2) is 0 Å². The maximum absolute atomic E-state index is 13.9. The number of allylic oxidation sites excluding steroid dienone is 2. The first-order valence-corrected chi connectivity index (χ1v) is 24.3. The van der Waals surface area contributed by atoms with E-state index in [4.69, 9.17) is 25.9 Å². The number of fused-ring (bicyclic) bond motifs is 2. The lowest BCUT2D eigenvalue weighted by atomic mass is 10.1. The van der Waals surface area contributed by atoms with Crippen LogP contribution in [0.4, 0.5) is 11.9 Å². The zero-order chi connectivity index (χ0) is 53.5. The second-order valence-electron chi connectivity index (χ2n) is 18.3. The Bertz CT molecular complexity index is 2830. The molecule has 23 heteroatoms. The Morgan fingerprint density at radius 3 is 2.01 bits per heavy atom. The van der Waals surface area contributed by atoms with Crippen LogP contribution in [0.5, 0.6) is 11.5 Å². The van der Waals surface area contributed by atoms with Crippen molar-refractivity contribution in [3.05, 3.63) is 65.0 Å². The molecule has 73 heavy (non-hydrogen) atoms. The normalized spacial score (nSPS) is 11.9. The molecule has 7 N–H and O–H groups in total. The van der Waals surface area contributed by atoms with Gasteiger partial charge in [0.1, 0.15) is 34.3 Å². The van der Waals surface area contributed by atoms with Crippen molar-refractivity contribution in [1.82, 2.24) is 48.9 Å². The summed E-state index contributed by atoms with van der Waals surface area (Å²) in [6.45, 7) is 9.41. The van der Waals surface area contributed by atoms with Crippen molar-refractivity contribution < 1.29 is 43.0 Å². The van der Waals surface area contributed by atoms with Crippen molar-refractivity contribution in [3.63, 3.8) is 0 Å². The molecule has 7 amide bonds. The van der Waals surface area contributed by atoms with Gasteiger partial charge in [-0.1, -0.05) is 26.0 Å². The zero-order valence-corrected chi connectivity index (χ0v) is 43.3. The molecule has 5 aromatic rings. The minimum atomic E-state index is -0.832. The maximum atomic E-state index is 13.9. The van der Waals surface area contributed by atoms with Crippen LogP contribution in [0.1, 0.15) is 96.2 Å². The molecule has 0 saturated carbocycles. The summed E-state index contributed by atoms with van der Waals surface area (Å²) in [5.41, 5.74) is 14.6. The van der Waals surface area contributed by atoms with E-state index in [-0.39, 0.29) is 80.4 Å². The molecule has 0 saturated heterocycles. The highest BCUT2D eigenvalue weighted by Crippen LogP contribution is 2.33. The maximum Gasteiger partial charge on any atom is 0.276 e. The average Bonchev–Trinajstić information content (AvgIpc) is 4.03. The van der Waals surface area contributed by atoms with Gasteiger partial charge in [-0.3, -0.25) is 48.5 Å². The van der Waals surface area contributed by atoms with Crippen LogP contribution in [0.2, 0.25) is 0 Å². The Labute approximate surface area is 424 Å². The number of carbonyl (C=O) groups is 7. The van der Waals surface area contributed by atoms with E-state index < -0.39 is 29.7 Å².